The lowest BCUT2D eigenvalue weighted by Crippen LogP contribution is -2.37. The fraction of sp³-hybridized carbons (Fsp3) is 0.111. The van der Waals surface area contributed by atoms with Gasteiger partial charge in [-0.1, -0.05) is 39.7 Å². The van der Waals surface area contributed by atoms with E-state index in [9.17, 15) is 9.59 Å². The summed E-state index contributed by atoms with van der Waals surface area (Å²) < 4.78 is 0.801. The van der Waals surface area contributed by atoms with Crippen molar-refractivity contribution in [3.8, 4) is 0 Å². The third-order valence-corrected chi connectivity index (χ3v) is 4.14. The molecule has 0 saturated heterocycles. The highest BCUT2D eigenvalue weighted by Gasteiger charge is 2.19. The van der Waals surface area contributed by atoms with Crippen LogP contribution in [-0.2, 0) is 9.59 Å². The molecule has 2 amide bonds. The Bertz CT molecular complexity index is 862. The minimum Gasteiger partial charge on any atom is -0.392 e. The van der Waals surface area contributed by atoms with Gasteiger partial charge < -0.3 is 21.8 Å². The summed E-state index contributed by atoms with van der Waals surface area (Å²) in [6.45, 7) is 3.78. The number of amides is 2. The summed E-state index contributed by atoms with van der Waals surface area (Å²) in [6, 6.07) is 12.6. The zero-order valence-electron chi connectivity index (χ0n) is 14.4. The Balaban J connectivity index is 2.20. The Morgan fingerprint density at radius 3 is 2.23 bits per heavy atom. The molecule has 0 aliphatic rings. The Kier molecular flexibility index (Phi) is 6.37. The molecule has 2 aromatic rings. The standard InChI is InChI=1S/C18H20BrN5O2/c1-10-3-7-13(8-4-10)22-17(25)15(20)16(24-21)18(26)23-14-9-12(19)6-5-11(14)2/h3-9,24H,20-21H2,1-2H3,(H,22,25)(H,23,26)/b16-15-. The maximum atomic E-state index is 12.5. The number of hydrogen-bond acceptors (Lipinski definition) is 5. The molecule has 0 bridgehead atoms. The molecular formula is C18H20BrN5O2. The quantitative estimate of drug-likeness (QED) is 0.290. The van der Waals surface area contributed by atoms with E-state index in [4.69, 9.17) is 11.6 Å². The molecule has 8 heteroatoms. The van der Waals surface area contributed by atoms with Gasteiger partial charge in [0.2, 0.25) is 0 Å². The number of benzene rings is 2. The predicted molar refractivity (Wildman–Crippen MR) is 106 cm³/mol. The normalized spacial score (nSPS) is 11.4. The SMILES string of the molecule is Cc1ccc(NC(=O)/C(N)=C(/NN)C(=O)Nc2cc(Br)ccc2C)cc1. The van der Waals surface area contributed by atoms with E-state index in [0.717, 1.165) is 15.6 Å². The minimum absolute atomic E-state index is 0.228. The number of nitrogens with one attached hydrogen (secondary N) is 3. The van der Waals surface area contributed by atoms with Gasteiger partial charge in [-0.2, -0.15) is 0 Å². The van der Waals surface area contributed by atoms with Gasteiger partial charge in [0.25, 0.3) is 11.8 Å². The first-order chi connectivity index (χ1) is 12.3. The summed E-state index contributed by atoms with van der Waals surface area (Å²) in [5.41, 5.74) is 10.5. The summed E-state index contributed by atoms with van der Waals surface area (Å²) >= 11 is 3.34. The van der Waals surface area contributed by atoms with Crippen molar-refractivity contribution in [1.82, 2.24) is 5.43 Å². The molecule has 0 spiro atoms. The molecule has 0 saturated carbocycles. The van der Waals surface area contributed by atoms with Crippen molar-refractivity contribution >= 4 is 39.1 Å². The number of carbonyl (C=O) groups is 2. The summed E-state index contributed by atoms with van der Waals surface area (Å²) in [5.74, 6) is 4.15. The average molecular weight is 418 g/mol. The van der Waals surface area contributed by atoms with Crippen LogP contribution >= 0.6 is 15.9 Å². The summed E-state index contributed by atoms with van der Waals surface area (Å²) in [6.07, 6.45) is 0. The van der Waals surface area contributed by atoms with Crippen LogP contribution in [0.3, 0.4) is 0 Å². The van der Waals surface area contributed by atoms with Crippen LogP contribution in [0.2, 0.25) is 0 Å². The second-order valence-electron chi connectivity index (χ2n) is 5.67. The first-order valence-electron chi connectivity index (χ1n) is 7.73. The molecule has 0 aliphatic carbocycles. The molecule has 0 fully saturated rings. The number of rotatable bonds is 5. The van der Waals surface area contributed by atoms with Gasteiger partial charge in [-0.25, -0.2) is 0 Å². The molecule has 7 nitrogen and oxygen atoms in total. The number of carbonyl (C=O) groups excluding carboxylic acids is 2. The van der Waals surface area contributed by atoms with E-state index >= 15 is 0 Å². The molecule has 0 atom stereocenters. The lowest BCUT2D eigenvalue weighted by Gasteiger charge is -2.13. The van der Waals surface area contributed by atoms with Gasteiger partial charge in [-0.15, -0.1) is 0 Å². The highest BCUT2D eigenvalue weighted by Crippen LogP contribution is 2.21. The molecule has 0 unspecified atom stereocenters. The van der Waals surface area contributed by atoms with Gasteiger partial charge >= 0.3 is 0 Å². The third kappa shape index (κ3) is 4.84. The van der Waals surface area contributed by atoms with Crippen molar-refractivity contribution in [3.63, 3.8) is 0 Å². The molecule has 136 valence electrons. The van der Waals surface area contributed by atoms with Crippen molar-refractivity contribution < 1.29 is 9.59 Å². The molecule has 0 radical (unpaired) electrons. The van der Waals surface area contributed by atoms with E-state index in [-0.39, 0.29) is 11.4 Å². The lowest BCUT2D eigenvalue weighted by molar-refractivity contribution is -0.115. The topological polar surface area (TPSA) is 122 Å². The number of halogens is 1. The van der Waals surface area contributed by atoms with Crippen LogP contribution in [0.1, 0.15) is 11.1 Å². The average Bonchev–Trinajstić information content (AvgIpc) is 2.60. The maximum Gasteiger partial charge on any atom is 0.275 e. The van der Waals surface area contributed by atoms with Crippen LogP contribution in [0.5, 0.6) is 0 Å². The summed E-state index contributed by atoms with van der Waals surface area (Å²) in [7, 11) is 0. The first-order valence-corrected chi connectivity index (χ1v) is 8.53. The van der Waals surface area contributed by atoms with Crippen LogP contribution in [-0.4, -0.2) is 11.8 Å². The maximum absolute atomic E-state index is 12.5. The summed E-state index contributed by atoms with van der Waals surface area (Å²) in [5, 5.41) is 5.30. The van der Waals surface area contributed by atoms with Gasteiger partial charge in [-0.05, 0) is 43.7 Å². The van der Waals surface area contributed by atoms with Gasteiger partial charge in [0, 0.05) is 15.8 Å². The molecule has 2 rings (SSSR count). The third-order valence-electron chi connectivity index (χ3n) is 3.64. The smallest absolute Gasteiger partial charge is 0.275 e. The van der Waals surface area contributed by atoms with Crippen molar-refractivity contribution in [1.29, 1.82) is 0 Å². The van der Waals surface area contributed by atoms with Crippen LogP contribution in [0, 0.1) is 13.8 Å². The molecule has 0 heterocycles. The molecule has 2 aromatic carbocycles. The second-order valence-corrected chi connectivity index (χ2v) is 6.58. The predicted octanol–water partition coefficient (Wildman–Crippen LogP) is 2.28. The highest BCUT2D eigenvalue weighted by molar-refractivity contribution is 9.10. The van der Waals surface area contributed by atoms with Crippen molar-refractivity contribution in [2.75, 3.05) is 10.6 Å². The van der Waals surface area contributed by atoms with E-state index in [0.29, 0.717) is 11.4 Å². The van der Waals surface area contributed by atoms with E-state index < -0.39 is 11.8 Å². The Labute approximate surface area is 159 Å². The highest BCUT2D eigenvalue weighted by atomic mass is 79.9. The van der Waals surface area contributed by atoms with Gasteiger partial charge in [-0.3, -0.25) is 15.4 Å². The van der Waals surface area contributed by atoms with E-state index in [1.807, 2.05) is 38.1 Å². The molecule has 0 aliphatic heterocycles. The Hall–Kier alpha value is -2.84. The number of aryl methyl sites for hydroxylation is 2. The van der Waals surface area contributed by atoms with E-state index in [1.54, 1.807) is 18.2 Å². The zero-order chi connectivity index (χ0) is 19.3. The zero-order valence-corrected chi connectivity index (χ0v) is 16.0. The minimum atomic E-state index is -0.636. The second kappa shape index (κ2) is 8.50. The number of nitrogens with two attached hydrogens (primary N) is 2. The monoisotopic (exact) mass is 417 g/mol. The van der Waals surface area contributed by atoms with E-state index in [1.165, 1.54) is 0 Å². The van der Waals surface area contributed by atoms with Crippen LogP contribution < -0.4 is 27.6 Å². The lowest BCUT2D eigenvalue weighted by atomic mass is 10.2. The first kappa shape index (κ1) is 19.5. The fourth-order valence-electron chi connectivity index (χ4n) is 2.13. The Morgan fingerprint density at radius 2 is 1.62 bits per heavy atom. The molecule has 26 heavy (non-hydrogen) atoms. The van der Waals surface area contributed by atoms with Crippen LogP contribution in [0.4, 0.5) is 11.4 Å². The van der Waals surface area contributed by atoms with Crippen molar-refractivity contribution in [2.24, 2.45) is 11.6 Å². The summed E-state index contributed by atoms with van der Waals surface area (Å²) in [4.78, 5) is 24.8. The van der Waals surface area contributed by atoms with Crippen molar-refractivity contribution in [3.05, 3.63) is 69.5 Å². The van der Waals surface area contributed by atoms with E-state index in [2.05, 4.69) is 32.0 Å². The van der Waals surface area contributed by atoms with Crippen molar-refractivity contribution in [2.45, 2.75) is 13.8 Å². The van der Waals surface area contributed by atoms with Crippen LogP contribution in [0.25, 0.3) is 0 Å². The fourth-order valence-corrected chi connectivity index (χ4v) is 2.49. The number of hydrazine groups is 1. The molecule has 0 aromatic heterocycles. The van der Waals surface area contributed by atoms with Gasteiger partial charge in [0.1, 0.15) is 11.4 Å². The Morgan fingerprint density at radius 1 is 0.962 bits per heavy atom. The largest absolute Gasteiger partial charge is 0.392 e. The van der Waals surface area contributed by atoms with Gasteiger partial charge in [0.15, 0.2) is 0 Å². The molecular weight excluding hydrogens is 398 g/mol. The van der Waals surface area contributed by atoms with Crippen LogP contribution in [0.15, 0.2) is 58.3 Å². The van der Waals surface area contributed by atoms with Gasteiger partial charge in [0.05, 0.1) is 0 Å². The number of hydrogen-bond donors (Lipinski definition) is 5. The molecule has 7 N–H and O–H groups in total. The number of anilines is 2.